The van der Waals surface area contributed by atoms with Crippen molar-refractivity contribution in [3.05, 3.63) is 0 Å². The van der Waals surface area contributed by atoms with Crippen molar-refractivity contribution >= 4 is 5.97 Å². The molecule has 2 rings (SSSR count). The number of methoxy groups -OCH3 is 1. The molecule has 2 fully saturated rings. The van der Waals surface area contributed by atoms with E-state index in [-0.39, 0.29) is 18.0 Å². The number of piperidine rings is 1. The lowest BCUT2D eigenvalue weighted by molar-refractivity contribution is -0.148. The Hall–Kier alpha value is -0.610. The highest BCUT2D eigenvalue weighted by molar-refractivity contribution is 5.73. The van der Waals surface area contributed by atoms with Crippen molar-refractivity contribution in [1.29, 1.82) is 0 Å². The Balaban J connectivity index is 1.97. The van der Waals surface area contributed by atoms with Gasteiger partial charge < -0.3 is 14.8 Å². The van der Waals surface area contributed by atoms with Crippen molar-refractivity contribution in [1.82, 2.24) is 5.32 Å². The summed E-state index contributed by atoms with van der Waals surface area (Å²) in [6.45, 7) is 2.78. The average Bonchev–Trinajstić information content (AvgIpc) is 2.78. The van der Waals surface area contributed by atoms with Crippen LogP contribution >= 0.6 is 0 Å². The smallest absolute Gasteiger partial charge is 0.311 e. The van der Waals surface area contributed by atoms with E-state index < -0.39 is 0 Å². The minimum Gasteiger partial charge on any atom is -0.469 e. The van der Waals surface area contributed by atoms with E-state index in [4.69, 9.17) is 9.47 Å². The fourth-order valence-electron chi connectivity index (χ4n) is 2.65. The molecule has 2 atom stereocenters. The van der Waals surface area contributed by atoms with E-state index in [0.29, 0.717) is 12.5 Å². The summed E-state index contributed by atoms with van der Waals surface area (Å²) in [4.78, 5) is 11.5. The standard InChI is InChI=1S/C11H19NO3/c1-14-11(13)9-4-7-15-10(9)8-2-5-12-6-3-8/h8-10,12H,2-7H2,1H3/t9-,10+/m0/s1. The third kappa shape index (κ3) is 2.32. The van der Waals surface area contributed by atoms with Crippen LogP contribution in [0.5, 0.6) is 0 Å². The van der Waals surface area contributed by atoms with E-state index in [9.17, 15) is 4.79 Å². The van der Waals surface area contributed by atoms with Gasteiger partial charge in [-0.2, -0.15) is 0 Å². The first-order chi connectivity index (χ1) is 7.33. The van der Waals surface area contributed by atoms with Gasteiger partial charge in [0.2, 0.25) is 0 Å². The van der Waals surface area contributed by atoms with E-state index in [0.717, 1.165) is 32.4 Å². The average molecular weight is 213 g/mol. The molecule has 2 heterocycles. The molecular formula is C11H19NO3. The molecule has 15 heavy (non-hydrogen) atoms. The lowest BCUT2D eigenvalue weighted by Gasteiger charge is -2.29. The zero-order chi connectivity index (χ0) is 10.7. The van der Waals surface area contributed by atoms with Crippen molar-refractivity contribution in [3.63, 3.8) is 0 Å². The van der Waals surface area contributed by atoms with Gasteiger partial charge in [0, 0.05) is 6.61 Å². The molecular weight excluding hydrogens is 194 g/mol. The molecule has 0 spiro atoms. The van der Waals surface area contributed by atoms with Gasteiger partial charge in [-0.3, -0.25) is 4.79 Å². The van der Waals surface area contributed by atoms with Crippen LogP contribution < -0.4 is 5.32 Å². The molecule has 4 nitrogen and oxygen atoms in total. The van der Waals surface area contributed by atoms with Gasteiger partial charge in [-0.25, -0.2) is 0 Å². The number of nitrogens with one attached hydrogen (secondary N) is 1. The second-order valence-corrected chi connectivity index (χ2v) is 4.34. The number of rotatable bonds is 2. The fraction of sp³-hybridized carbons (Fsp3) is 0.909. The van der Waals surface area contributed by atoms with Gasteiger partial charge >= 0.3 is 5.97 Å². The van der Waals surface area contributed by atoms with E-state index in [1.165, 1.54) is 7.11 Å². The van der Waals surface area contributed by atoms with Gasteiger partial charge in [-0.1, -0.05) is 0 Å². The molecule has 0 aromatic heterocycles. The Morgan fingerprint density at radius 1 is 1.33 bits per heavy atom. The summed E-state index contributed by atoms with van der Waals surface area (Å²) in [6.07, 6.45) is 3.14. The summed E-state index contributed by atoms with van der Waals surface area (Å²) in [5, 5.41) is 3.32. The second-order valence-electron chi connectivity index (χ2n) is 4.34. The molecule has 0 aromatic carbocycles. The highest BCUT2D eigenvalue weighted by atomic mass is 16.5. The van der Waals surface area contributed by atoms with Crippen LogP contribution in [-0.2, 0) is 14.3 Å². The zero-order valence-electron chi connectivity index (χ0n) is 9.20. The number of carbonyl (C=O) groups excluding carboxylic acids is 1. The first kappa shape index (κ1) is 10.9. The molecule has 0 bridgehead atoms. The van der Waals surface area contributed by atoms with Gasteiger partial charge in [-0.15, -0.1) is 0 Å². The molecule has 86 valence electrons. The summed E-state index contributed by atoms with van der Waals surface area (Å²) in [5.74, 6) is 0.395. The van der Waals surface area contributed by atoms with Crippen LogP contribution in [0.4, 0.5) is 0 Å². The largest absolute Gasteiger partial charge is 0.469 e. The predicted octanol–water partition coefficient (Wildman–Crippen LogP) is 0.564. The topological polar surface area (TPSA) is 47.6 Å². The van der Waals surface area contributed by atoms with Gasteiger partial charge in [0.25, 0.3) is 0 Å². The molecule has 2 aliphatic rings. The quantitative estimate of drug-likeness (QED) is 0.681. The van der Waals surface area contributed by atoms with E-state index >= 15 is 0 Å². The Bertz CT molecular complexity index is 226. The third-order valence-corrected chi connectivity index (χ3v) is 3.49. The summed E-state index contributed by atoms with van der Waals surface area (Å²) in [5.41, 5.74) is 0. The summed E-state index contributed by atoms with van der Waals surface area (Å²) in [6, 6.07) is 0. The molecule has 1 N–H and O–H groups in total. The molecule has 0 saturated carbocycles. The van der Waals surface area contributed by atoms with E-state index in [1.807, 2.05) is 0 Å². The molecule has 2 saturated heterocycles. The molecule has 0 aliphatic carbocycles. The van der Waals surface area contributed by atoms with Crippen LogP contribution in [0.3, 0.4) is 0 Å². The Morgan fingerprint density at radius 3 is 2.73 bits per heavy atom. The molecule has 0 radical (unpaired) electrons. The van der Waals surface area contributed by atoms with Gasteiger partial charge in [0.15, 0.2) is 0 Å². The van der Waals surface area contributed by atoms with Crippen molar-refractivity contribution < 1.29 is 14.3 Å². The minimum absolute atomic E-state index is 0.0295. The fourth-order valence-corrected chi connectivity index (χ4v) is 2.65. The van der Waals surface area contributed by atoms with Gasteiger partial charge in [0.05, 0.1) is 19.1 Å². The second kappa shape index (κ2) is 4.94. The lowest BCUT2D eigenvalue weighted by atomic mass is 9.85. The maximum atomic E-state index is 11.5. The van der Waals surface area contributed by atoms with Gasteiger partial charge in [0.1, 0.15) is 0 Å². The molecule has 2 aliphatic heterocycles. The van der Waals surface area contributed by atoms with Crippen LogP contribution in [0, 0.1) is 11.8 Å². The number of ether oxygens (including phenoxy) is 2. The Labute approximate surface area is 90.3 Å². The summed E-state index contributed by atoms with van der Waals surface area (Å²) in [7, 11) is 1.46. The van der Waals surface area contributed by atoms with E-state index in [1.54, 1.807) is 0 Å². The van der Waals surface area contributed by atoms with Crippen molar-refractivity contribution in [3.8, 4) is 0 Å². The summed E-state index contributed by atoms with van der Waals surface area (Å²) < 4.78 is 10.5. The van der Waals surface area contributed by atoms with Crippen LogP contribution in [0.25, 0.3) is 0 Å². The molecule has 0 amide bonds. The summed E-state index contributed by atoms with van der Waals surface area (Å²) >= 11 is 0. The van der Waals surface area contributed by atoms with E-state index in [2.05, 4.69) is 5.32 Å². The maximum absolute atomic E-state index is 11.5. The first-order valence-corrected chi connectivity index (χ1v) is 5.73. The number of hydrogen-bond acceptors (Lipinski definition) is 4. The van der Waals surface area contributed by atoms with Crippen molar-refractivity contribution in [2.24, 2.45) is 11.8 Å². The predicted molar refractivity (Wildman–Crippen MR) is 55.5 cm³/mol. The van der Waals surface area contributed by atoms with Crippen LogP contribution in [0.15, 0.2) is 0 Å². The normalized spacial score (nSPS) is 32.9. The first-order valence-electron chi connectivity index (χ1n) is 5.73. The molecule has 0 aromatic rings. The zero-order valence-corrected chi connectivity index (χ0v) is 9.20. The third-order valence-electron chi connectivity index (χ3n) is 3.49. The Morgan fingerprint density at radius 2 is 2.07 bits per heavy atom. The van der Waals surface area contributed by atoms with Crippen molar-refractivity contribution in [2.45, 2.75) is 25.4 Å². The SMILES string of the molecule is COC(=O)[C@H]1CCO[C@@H]1C1CCNCC1. The van der Waals surface area contributed by atoms with Crippen molar-refractivity contribution in [2.75, 3.05) is 26.8 Å². The number of carbonyl (C=O) groups is 1. The Kier molecular flexibility index (Phi) is 3.59. The van der Waals surface area contributed by atoms with Crippen LogP contribution in [-0.4, -0.2) is 38.9 Å². The minimum atomic E-state index is -0.101. The highest BCUT2D eigenvalue weighted by Crippen LogP contribution is 2.32. The lowest BCUT2D eigenvalue weighted by Crippen LogP contribution is -2.38. The van der Waals surface area contributed by atoms with Gasteiger partial charge in [-0.05, 0) is 38.3 Å². The highest BCUT2D eigenvalue weighted by Gasteiger charge is 2.40. The molecule has 0 unspecified atom stereocenters. The number of esters is 1. The van der Waals surface area contributed by atoms with Crippen LogP contribution in [0.1, 0.15) is 19.3 Å². The molecule has 4 heteroatoms. The number of hydrogen-bond donors (Lipinski definition) is 1. The van der Waals surface area contributed by atoms with Crippen LogP contribution in [0.2, 0.25) is 0 Å². The monoisotopic (exact) mass is 213 g/mol. The maximum Gasteiger partial charge on any atom is 0.311 e.